The number of carbonyl (C=O) groups excluding carboxylic acids is 1. The van der Waals surface area contributed by atoms with Crippen molar-refractivity contribution in [3.05, 3.63) is 15.9 Å². The van der Waals surface area contributed by atoms with Gasteiger partial charge in [-0.15, -0.1) is 11.3 Å². The summed E-state index contributed by atoms with van der Waals surface area (Å²) in [5.74, 6) is -0.317. The van der Waals surface area contributed by atoms with Gasteiger partial charge in [-0.3, -0.25) is 4.79 Å². The van der Waals surface area contributed by atoms with Gasteiger partial charge in [-0.05, 0) is 34.5 Å². The van der Waals surface area contributed by atoms with Gasteiger partial charge in [0.2, 0.25) is 5.91 Å². The molecule has 1 aromatic heterocycles. The van der Waals surface area contributed by atoms with E-state index >= 15 is 0 Å². The van der Waals surface area contributed by atoms with Gasteiger partial charge < -0.3 is 5.32 Å². The lowest BCUT2D eigenvalue weighted by molar-refractivity contribution is -0.120. The molecular weight excluding hydrogens is 340 g/mol. The summed E-state index contributed by atoms with van der Waals surface area (Å²) in [6, 6.07) is 3.22. The summed E-state index contributed by atoms with van der Waals surface area (Å²) in [7, 11) is -2.10. The third-order valence-corrected chi connectivity index (χ3v) is 6.15. The number of halogens is 1. The Bertz CT molecular complexity index is 513. The minimum Gasteiger partial charge on any atom is -0.358 e. The van der Waals surface area contributed by atoms with Gasteiger partial charge in [0.1, 0.15) is 4.21 Å². The van der Waals surface area contributed by atoms with Crippen LogP contribution in [0.3, 0.4) is 0 Å². The highest BCUT2D eigenvalue weighted by atomic mass is 79.9. The van der Waals surface area contributed by atoms with Crippen molar-refractivity contribution >= 4 is 43.2 Å². The average molecular weight is 355 g/mol. The molecule has 102 valence electrons. The lowest BCUT2D eigenvalue weighted by Gasteiger charge is -2.19. The predicted molar refractivity (Wildman–Crippen MR) is 75.1 cm³/mol. The van der Waals surface area contributed by atoms with Crippen LogP contribution in [-0.2, 0) is 14.8 Å². The number of amides is 1. The molecule has 0 aromatic carbocycles. The van der Waals surface area contributed by atoms with Crippen molar-refractivity contribution in [2.24, 2.45) is 0 Å². The van der Waals surface area contributed by atoms with Gasteiger partial charge in [0.05, 0.1) is 10.3 Å². The van der Waals surface area contributed by atoms with E-state index in [2.05, 4.69) is 21.2 Å². The lowest BCUT2D eigenvalue weighted by Crippen LogP contribution is -2.39. The van der Waals surface area contributed by atoms with Crippen LogP contribution in [-0.4, -0.2) is 38.8 Å². The van der Waals surface area contributed by atoms with E-state index in [9.17, 15) is 13.2 Å². The third-order valence-electron chi connectivity index (χ3n) is 2.21. The van der Waals surface area contributed by atoms with E-state index in [0.29, 0.717) is 13.0 Å². The number of nitrogens with zero attached hydrogens (tertiary/aromatic N) is 1. The molecule has 0 saturated carbocycles. The number of sulfonamides is 1. The zero-order valence-electron chi connectivity index (χ0n) is 10.1. The first-order chi connectivity index (χ1) is 8.41. The number of nitrogens with one attached hydrogen (secondary N) is 1. The summed E-state index contributed by atoms with van der Waals surface area (Å²) in [4.78, 5) is 11.4. The Labute approximate surface area is 119 Å². The molecule has 1 rings (SSSR count). The van der Waals surface area contributed by atoms with Crippen LogP contribution in [0.5, 0.6) is 0 Å². The van der Waals surface area contributed by atoms with Crippen LogP contribution in [0.15, 0.2) is 20.1 Å². The second-order valence-corrected chi connectivity index (χ2v) is 8.20. The quantitative estimate of drug-likeness (QED) is 0.844. The van der Waals surface area contributed by atoms with Gasteiger partial charge in [0.25, 0.3) is 10.0 Å². The molecule has 8 heteroatoms. The molecule has 0 atom stereocenters. The standard InChI is InChI=1S/C10H15BrN2O3S2/c1-3-6-13(7-9(14)12-2)18(15,16)10-5-4-8(11)17-10/h4-5H,3,6-7H2,1-2H3,(H,12,14). The monoisotopic (exact) mass is 354 g/mol. The number of carbonyl (C=O) groups is 1. The average Bonchev–Trinajstić information content (AvgIpc) is 2.75. The summed E-state index contributed by atoms with van der Waals surface area (Å²) in [5.41, 5.74) is 0. The highest BCUT2D eigenvalue weighted by Crippen LogP contribution is 2.28. The van der Waals surface area contributed by atoms with E-state index in [1.165, 1.54) is 17.4 Å². The van der Waals surface area contributed by atoms with Gasteiger partial charge in [-0.2, -0.15) is 4.31 Å². The zero-order chi connectivity index (χ0) is 13.8. The van der Waals surface area contributed by atoms with Gasteiger partial charge in [-0.25, -0.2) is 8.42 Å². The van der Waals surface area contributed by atoms with Crippen molar-refractivity contribution in [1.82, 2.24) is 9.62 Å². The number of likely N-dealkylation sites (N-methyl/N-ethyl adjacent to an activating group) is 1. The second kappa shape index (κ2) is 6.65. The molecule has 0 aliphatic rings. The van der Waals surface area contributed by atoms with Crippen molar-refractivity contribution in [2.75, 3.05) is 20.1 Å². The van der Waals surface area contributed by atoms with Crippen LogP contribution in [0.2, 0.25) is 0 Å². The topological polar surface area (TPSA) is 66.5 Å². The molecule has 0 spiro atoms. The fourth-order valence-corrected chi connectivity index (χ4v) is 4.99. The first kappa shape index (κ1) is 15.6. The second-order valence-electron chi connectivity index (χ2n) is 3.57. The van der Waals surface area contributed by atoms with Gasteiger partial charge in [0, 0.05) is 13.6 Å². The van der Waals surface area contributed by atoms with Crippen molar-refractivity contribution in [3.63, 3.8) is 0 Å². The maximum Gasteiger partial charge on any atom is 0.253 e. The normalized spacial score (nSPS) is 11.8. The highest BCUT2D eigenvalue weighted by molar-refractivity contribution is 9.11. The Balaban J connectivity index is 3.00. The maximum absolute atomic E-state index is 12.3. The lowest BCUT2D eigenvalue weighted by atomic mass is 10.4. The molecule has 0 fully saturated rings. The fourth-order valence-electron chi connectivity index (χ4n) is 1.34. The minimum absolute atomic E-state index is 0.151. The SMILES string of the molecule is CCCN(CC(=O)NC)S(=O)(=O)c1ccc(Br)s1. The van der Waals surface area contributed by atoms with E-state index in [0.717, 1.165) is 15.1 Å². The van der Waals surface area contributed by atoms with Crippen molar-refractivity contribution in [2.45, 2.75) is 17.6 Å². The summed E-state index contributed by atoms with van der Waals surface area (Å²) in [5, 5.41) is 2.43. The molecule has 18 heavy (non-hydrogen) atoms. The van der Waals surface area contributed by atoms with Gasteiger partial charge >= 0.3 is 0 Å². The predicted octanol–water partition coefficient (Wildman–Crippen LogP) is 1.66. The van der Waals surface area contributed by atoms with E-state index < -0.39 is 10.0 Å². The molecule has 5 nitrogen and oxygen atoms in total. The summed E-state index contributed by atoms with van der Waals surface area (Å²) in [6.07, 6.45) is 0.656. The number of hydrogen-bond acceptors (Lipinski definition) is 4. The molecule has 0 radical (unpaired) electrons. The Morgan fingerprint density at radius 2 is 2.17 bits per heavy atom. The largest absolute Gasteiger partial charge is 0.358 e. The maximum atomic E-state index is 12.3. The van der Waals surface area contributed by atoms with E-state index in [-0.39, 0.29) is 16.7 Å². The molecule has 1 heterocycles. The molecule has 1 aromatic rings. The van der Waals surface area contributed by atoms with Crippen molar-refractivity contribution in [1.29, 1.82) is 0 Å². The number of rotatable bonds is 6. The molecule has 1 N–H and O–H groups in total. The molecular formula is C10H15BrN2O3S2. The highest BCUT2D eigenvalue weighted by Gasteiger charge is 2.26. The van der Waals surface area contributed by atoms with Crippen molar-refractivity contribution < 1.29 is 13.2 Å². The number of hydrogen-bond donors (Lipinski definition) is 1. The van der Waals surface area contributed by atoms with Crippen LogP contribution >= 0.6 is 27.3 Å². The molecule has 1 amide bonds. The first-order valence-corrected chi connectivity index (χ1v) is 8.42. The molecule has 0 saturated heterocycles. The van der Waals surface area contributed by atoms with E-state index in [1.54, 1.807) is 6.07 Å². The Kier molecular flexibility index (Phi) is 5.77. The minimum atomic E-state index is -3.59. The number of thiophene rings is 1. The van der Waals surface area contributed by atoms with Crippen LogP contribution in [0.4, 0.5) is 0 Å². The Hall–Kier alpha value is -0.440. The Morgan fingerprint density at radius 1 is 1.50 bits per heavy atom. The molecule has 0 aliphatic heterocycles. The van der Waals surface area contributed by atoms with E-state index in [4.69, 9.17) is 0 Å². The molecule has 0 aliphatic carbocycles. The van der Waals surface area contributed by atoms with Crippen LogP contribution < -0.4 is 5.32 Å². The molecule has 0 bridgehead atoms. The first-order valence-electron chi connectivity index (χ1n) is 5.38. The third kappa shape index (κ3) is 3.78. The zero-order valence-corrected chi connectivity index (χ0v) is 13.4. The van der Waals surface area contributed by atoms with Gasteiger partial charge in [0.15, 0.2) is 0 Å². The van der Waals surface area contributed by atoms with Crippen LogP contribution in [0.25, 0.3) is 0 Å². The summed E-state index contributed by atoms with van der Waals surface area (Å²) < 4.78 is 26.8. The summed E-state index contributed by atoms with van der Waals surface area (Å²) >= 11 is 4.37. The van der Waals surface area contributed by atoms with E-state index in [1.807, 2.05) is 6.92 Å². The summed E-state index contributed by atoms with van der Waals surface area (Å²) in [6.45, 7) is 2.05. The van der Waals surface area contributed by atoms with Crippen LogP contribution in [0.1, 0.15) is 13.3 Å². The molecule has 0 unspecified atom stereocenters. The smallest absolute Gasteiger partial charge is 0.253 e. The van der Waals surface area contributed by atoms with Gasteiger partial charge in [-0.1, -0.05) is 6.92 Å². The van der Waals surface area contributed by atoms with Crippen LogP contribution in [0, 0.1) is 0 Å². The Morgan fingerprint density at radius 3 is 2.61 bits per heavy atom. The fraction of sp³-hybridized carbons (Fsp3) is 0.500. The van der Waals surface area contributed by atoms with Crippen molar-refractivity contribution in [3.8, 4) is 0 Å².